The fourth-order valence-corrected chi connectivity index (χ4v) is 4.40. The predicted octanol–water partition coefficient (Wildman–Crippen LogP) is 4.10. The third-order valence-electron chi connectivity index (χ3n) is 5.86. The second-order valence-corrected chi connectivity index (χ2v) is 8.36. The molecule has 0 unspecified atom stereocenters. The highest BCUT2D eigenvalue weighted by Crippen LogP contribution is 2.24. The van der Waals surface area contributed by atoms with Crippen LogP contribution in [0.25, 0.3) is 0 Å². The van der Waals surface area contributed by atoms with Gasteiger partial charge in [0.2, 0.25) is 0 Å². The lowest BCUT2D eigenvalue weighted by molar-refractivity contribution is 0.210. The molecular formula is C23H29ClN4O. The van der Waals surface area contributed by atoms with Crippen LogP contribution in [-0.4, -0.2) is 68.2 Å². The van der Waals surface area contributed by atoms with E-state index in [0.29, 0.717) is 5.02 Å². The van der Waals surface area contributed by atoms with E-state index in [-0.39, 0.29) is 6.03 Å². The number of carbonyl (C=O) groups is 1. The van der Waals surface area contributed by atoms with Gasteiger partial charge in [0.15, 0.2) is 0 Å². The van der Waals surface area contributed by atoms with Gasteiger partial charge in [-0.1, -0.05) is 29.8 Å². The summed E-state index contributed by atoms with van der Waals surface area (Å²) < 4.78 is 0. The summed E-state index contributed by atoms with van der Waals surface area (Å²) in [6, 6.07) is 16.4. The van der Waals surface area contributed by atoms with E-state index in [1.54, 1.807) is 0 Å². The van der Waals surface area contributed by atoms with Gasteiger partial charge < -0.3 is 9.80 Å². The first-order valence-electron chi connectivity index (χ1n) is 10.5. The van der Waals surface area contributed by atoms with Crippen molar-refractivity contribution in [1.29, 1.82) is 0 Å². The molecule has 0 aromatic heterocycles. The zero-order valence-corrected chi connectivity index (χ0v) is 17.8. The quantitative estimate of drug-likeness (QED) is 0.715. The van der Waals surface area contributed by atoms with Crippen LogP contribution in [0, 0.1) is 6.92 Å². The van der Waals surface area contributed by atoms with Crippen molar-refractivity contribution in [3.05, 3.63) is 59.1 Å². The summed E-state index contributed by atoms with van der Waals surface area (Å²) in [6.45, 7) is 9.81. The van der Waals surface area contributed by atoms with Gasteiger partial charge in [0.05, 0.1) is 0 Å². The predicted molar refractivity (Wildman–Crippen MR) is 120 cm³/mol. The molecule has 2 heterocycles. The van der Waals surface area contributed by atoms with Gasteiger partial charge in [0.25, 0.3) is 0 Å². The molecule has 4 rings (SSSR count). The van der Waals surface area contributed by atoms with Crippen molar-refractivity contribution < 1.29 is 4.79 Å². The van der Waals surface area contributed by atoms with Gasteiger partial charge in [0.1, 0.15) is 0 Å². The van der Waals surface area contributed by atoms with Crippen LogP contribution in [0.2, 0.25) is 5.02 Å². The summed E-state index contributed by atoms with van der Waals surface area (Å²) in [7, 11) is 0. The number of hydrogen-bond acceptors (Lipinski definition) is 3. The standard InChI is InChI=1S/C23H29ClN4O/c1-19-5-2-7-21(17-19)26-13-11-25(12-14-26)9-4-10-27-15-16-28(23(27)29)22-8-3-6-20(24)18-22/h2-3,5-8,17-18H,4,9-16H2,1H3. The second-order valence-electron chi connectivity index (χ2n) is 7.92. The van der Waals surface area contributed by atoms with Crippen molar-refractivity contribution >= 4 is 29.0 Å². The van der Waals surface area contributed by atoms with Crippen LogP contribution in [-0.2, 0) is 0 Å². The van der Waals surface area contributed by atoms with Gasteiger partial charge >= 0.3 is 6.03 Å². The van der Waals surface area contributed by atoms with E-state index in [9.17, 15) is 4.79 Å². The fraction of sp³-hybridized carbons (Fsp3) is 0.435. The lowest BCUT2D eigenvalue weighted by atomic mass is 10.2. The molecule has 0 spiro atoms. The summed E-state index contributed by atoms with van der Waals surface area (Å²) in [5, 5.41) is 0.665. The maximum Gasteiger partial charge on any atom is 0.324 e. The number of rotatable bonds is 6. The first kappa shape index (κ1) is 20.0. The van der Waals surface area contributed by atoms with E-state index in [1.807, 2.05) is 34.1 Å². The lowest BCUT2D eigenvalue weighted by Gasteiger charge is -2.36. The van der Waals surface area contributed by atoms with Crippen molar-refractivity contribution in [3.63, 3.8) is 0 Å². The van der Waals surface area contributed by atoms with E-state index in [1.165, 1.54) is 11.3 Å². The number of halogens is 1. The largest absolute Gasteiger partial charge is 0.369 e. The highest BCUT2D eigenvalue weighted by atomic mass is 35.5. The molecule has 0 bridgehead atoms. The molecule has 0 radical (unpaired) electrons. The Morgan fingerprint density at radius 2 is 1.62 bits per heavy atom. The minimum Gasteiger partial charge on any atom is -0.369 e. The number of hydrogen-bond donors (Lipinski definition) is 0. The van der Waals surface area contributed by atoms with E-state index in [4.69, 9.17) is 11.6 Å². The molecule has 29 heavy (non-hydrogen) atoms. The molecule has 2 aliphatic heterocycles. The minimum atomic E-state index is 0.0940. The van der Waals surface area contributed by atoms with Crippen LogP contribution in [0.15, 0.2) is 48.5 Å². The Bertz CT molecular complexity index is 850. The topological polar surface area (TPSA) is 30.0 Å². The van der Waals surface area contributed by atoms with Gasteiger partial charge in [-0.15, -0.1) is 0 Å². The molecule has 0 atom stereocenters. The van der Waals surface area contributed by atoms with Crippen molar-refractivity contribution in [1.82, 2.24) is 9.80 Å². The van der Waals surface area contributed by atoms with Crippen molar-refractivity contribution in [2.75, 3.05) is 62.2 Å². The molecule has 0 N–H and O–H groups in total. The van der Waals surface area contributed by atoms with Crippen LogP contribution < -0.4 is 9.80 Å². The zero-order chi connectivity index (χ0) is 20.2. The Kier molecular flexibility index (Phi) is 6.26. The summed E-state index contributed by atoms with van der Waals surface area (Å²) in [5.41, 5.74) is 3.53. The molecule has 2 aromatic carbocycles. The summed E-state index contributed by atoms with van der Waals surface area (Å²) in [5.74, 6) is 0. The summed E-state index contributed by atoms with van der Waals surface area (Å²) >= 11 is 6.07. The van der Waals surface area contributed by atoms with E-state index in [0.717, 1.165) is 64.5 Å². The lowest BCUT2D eigenvalue weighted by Crippen LogP contribution is -2.47. The van der Waals surface area contributed by atoms with Gasteiger partial charge in [-0.25, -0.2) is 4.79 Å². The molecule has 0 aliphatic carbocycles. The number of anilines is 2. The van der Waals surface area contributed by atoms with Gasteiger partial charge in [-0.3, -0.25) is 9.80 Å². The minimum absolute atomic E-state index is 0.0940. The number of piperazine rings is 1. The van der Waals surface area contributed by atoms with E-state index >= 15 is 0 Å². The Morgan fingerprint density at radius 1 is 0.862 bits per heavy atom. The van der Waals surface area contributed by atoms with Crippen LogP contribution in [0.4, 0.5) is 16.2 Å². The average molecular weight is 413 g/mol. The molecule has 6 heteroatoms. The van der Waals surface area contributed by atoms with Crippen LogP contribution in [0.3, 0.4) is 0 Å². The Hall–Kier alpha value is -2.24. The maximum atomic E-state index is 12.7. The number of aryl methyl sites for hydroxylation is 1. The monoisotopic (exact) mass is 412 g/mol. The normalized spacial score (nSPS) is 18.0. The molecule has 154 valence electrons. The molecule has 2 saturated heterocycles. The Labute approximate surface area is 178 Å². The smallest absolute Gasteiger partial charge is 0.324 e. The molecule has 5 nitrogen and oxygen atoms in total. The SMILES string of the molecule is Cc1cccc(N2CCN(CCCN3CCN(c4cccc(Cl)c4)C3=O)CC2)c1. The highest BCUT2D eigenvalue weighted by molar-refractivity contribution is 6.30. The summed E-state index contributed by atoms with van der Waals surface area (Å²) in [6.07, 6.45) is 1.01. The Balaban J connectivity index is 1.21. The number of carbonyl (C=O) groups excluding carboxylic acids is 1. The van der Waals surface area contributed by atoms with Crippen molar-refractivity contribution in [2.24, 2.45) is 0 Å². The molecular weight excluding hydrogens is 384 g/mol. The number of benzene rings is 2. The van der Waals surface area contributed by atoms with Crippen molar-refractivity contribution in [3.8, 4) is 0 Å². The van der Waals surface area contributed by atoms with Crippen molar-refractivity contribution in [2.45, 2.75) is 13.3 Å². The fourth-order valence-electron chi connectivity index (χ4n) is 4.21. The first-order chi connectivity index (χ1) is 14.1. The van der Waals surface area contributed by atoms with Crippen LogP contribution in [0.1, 0.15) is 12.0 Å². The molecule has 2 aromatic rings. The van der Waals surface area contributed by atoms with Gasteiger partial charge in [0, 0.05) is 62.2 Å². The van der Waals surface area contributed by atoms with Crippen LogP contribution >= 0.6 is 11.6 Å². The third-order valence-corrected chi connectivity index (χ3v) is 6.09. The molecule has 2 aliphatic rings. The van der Waals surface area contributed by atoms with E-state index < -0.39 is 0 Å². The van der Waals surface area contributed by atoms with Crippen LogP contribution in [0.5, 0.6) is 0 Å². The Morgan fingerprint density at radius 3 is 2.38 bits per heavy atom. The molecule has 0 saturated carbocycles. The number of nitrogens with zero attached hydrogens (tertiary/aromatic N) is 4. The summed E-state index contributed by atoms with van der Waals surface area (Å²) in [4.78, 5) is 21.5. The first-order valence-corrected chi connectivity index (χ1v) is 10.8. The maximum absolute atomic E-state index is 12.7. The number of urea groups is 1. The van der Waals surface area contributed by atoms with Gasteiger partial charge in [-0.05, 0) is 55.8 Å². The number of amides is 2. The molecule has 2 amide bonds. The van der Waals surface area contributed by atoms with Gasteiger partial charge in [-0.2, -0.15) is 0 Å². The average Bonchev–Trinajstić information content (AvgIpc) is 3.09. The van der Waals surface area contributed by atoms with E-state index in [2.05, 4.69) is 41.0 Å². The third kappa shape index (κ3) is 4.85. The second kappa shape index (κ2) is 9.06. The highest BCUT2D eigenvalue weighted by Gasteiger charge is 2.29. The molecule has 2 fully saturated rings. The zero-order valence-electron chi connectivity index (χ0n) is 17.1.